The zero-order valence-corrected chi connectivity index (χ0v) is 21.4. The van der Waals surface area contributed by atoms with E-state index in [1.807, 2.05) is 34.6 Å². The first-order chi connectivity index (χ1) is 17.3. The number of piperidine rings is 1. The number of hydrogen-bond acceptors (Lipinski definition) is 8. The number of nitrogens with one attached hydrogen (secondary N) is 2. The van der Waals surface area contributed by atoms with E-state index in [2.05, 4.69) is 37.6 Å². The molecule has 10 nitrogen and oxygen atoms in total. The molecule has 2 fully saturated rings. The molecule has 198 valence electrons. The van der Waals surface area contributed by atoms with E-state index < -0.39 is 6.43 Å². The van der Waals surface area contributed by atoms with Crippen molar-refractivity contribution in [2.24, 2.45) is 0 Å². The summed E-state index contributed by atoms with van der Waals surface area (Å²) in [7, 11) is 4.06. The molecule has 36 heavy (non-hydrogen) atoms. The fourth-order valence-electron chi connectivity index (χ4n) is 4.70. The molecule has 4 heterocycles. The fourth-order valence-corrected chi connectivity index (χ4v) is 4.70. The number of aromatic nitrogens is 4. The molecule has 0 unspecified atom stereocenters. The van der Waals surface area contributed by atoms with Crippen molar-refractivity contribution in [2.45, 2.75) is 45.1 Å². The van der Waals surface area contributed by atoms with E-state index in [0.29, 0.717) is 32.1 Å². The SMILES string of the molecule is Cc1nn(C2CCN(C)CC2)cc1Nc1ncc(C(F)F)c(NCCCN2CCCN(C)CC2=O)n1. The van der Waals surface area contributed by atoms with Crippen molar-refractivity contribution in [3.8, 4) is 0 Å². The van der Waals surface area contributed by atoms with Gasteiger partial charge < -0.3 is 20.4 Å². The van der Waals surface area contributed by atoms with Gasteiger partial charge in [-0.2, -0.15) is 10.1 Å². The molecule has 0 bridgehead atoms. The highest BCUT2D eigenvalue weighted by Crippen LogP contribution is 2.28. The Morgan fingerprint density at radius 1 is 1.14 bits per heavy atom. The van der Waals surface area contributed by atoms with E-state index >= 15 is 0 Å². The third-order valence-corrected chi connectivity index (χ3v) is 6.90. The second-order valence-corrected chi connectivity index (χ2v) is 9.82. The topological polar surface area (TPSA) is 94.5 Å². The lowest BCUT2D eigenvalue weighted by Gasteiger charge is -2.28. The van der Waals surface area contributed by atoms with Crippen molar-refractivity contribution >= 4 is 23.4 Å². The largest absolute Gasteiger partial charge is 0.369 e. The van der Waals surface area contributed by atoms with Crippen molar-refractivity contribution in [1.82, 2.24) is 34.4 Å². The standard InChI is InChI=1S/C24H37F2N9O/c1-17-20(15-35(31-17)18-6-12-32(2)13-7-18)29-24-28-14-19(22(25)26)23(30-24)27-8-4-10-34-11-5-9-33(3)16-21(34)36/h14-15,18,22H,4-13,16H2,1-3H3,(H2,27,28,29,30). The van der Waals surface area contributed by atoms with E-state index in [-0.39, 0.29) is 23.2 Å². The number of halogens is 2. The smallest absolute Gasteiger partial charge is 0.268 e. The molecule has 0 radical (unpaired) electrons. The zero-order valence-electron chi connectivity index (χ0n) is 21.4. The second-order valence-electron chi connectivity index (χ2n) is 9.82. The lowest BCUT2D eigenvalue weighted by Crippen LogP contribution is -2.36. The number of carbonyl (C=O) groups excluding carboxylic acids is 1. The highest BCUT2D eigenvalue weighted by molar-refractivity contribution is 5.78. The molecular formula is C24H37F2N9O. The van der Waals surface area contributed by atoms with E-state index in [4.69, 9.17) is 0 Å². The van der Waals surface area contributed by atoms with Crippen LogP contribution >= 0.6 is 0 Å². The maximum absolute atomic E-state index is 13.6. The van der Waals surface area contributed by atoms with Crippen LogP contribution in [0, 0.1) is 6.92 Å². The molecule has 0 aromatic carbocycles. The van der Waals surface area contributed by atoms with Gasteiger partial charge in [0.15, 0.2) is 0 Å². The Hall–Kier alpha value is -2.86. The molecule has 0 aliphatic carbocycles. The number of anilines is 3. The van der Waals surface area contributed by atoms with Gasteiger partial charge in [-0.25, -0.2) is 13.8 Å². The minimum Gasteiger partial charge on any atom is -0.369 e. The lowest BCUT2D eigenvalue weighted by atomic mass is 10.1. The Balaban J connectivity index is 1.37. The predicted molar refractivity (Wildman–Crippen MR) is 135 cm³/mol. The number of alkyl halides is 2. The van der Waals surface area contributed by atoms with Crippen molar-refractivity contribution in [3.63, 3.8) is 0 Å². The Bertz CT molecular complexity index is 1020. The summed E-state index contributed by atoms with van der Waals surface area (Å²) in [5, 5.41) is 10.8. The van der Waals surface area contributed by atoms with Gasteiger partial charge in [0, 0.05) is 38.6 Å². The summed E-state index contributed by atoms with van der Waals surface area (Å²) in [6.07, 6.45) is 4.03. The Labute approximate surface area is 211 Å². The molecule has 4 rings (SSSR count). The molecule has 2 N–H and O–H groups in total. The van der Waals surface area contributed by atoms with E-state index in [1.165, 1.54) is 0 Å². The molecular weight excluding hydrogens is 468 g/mol. The highest BCUT2D eigenvalue weighted by atomic mass is 19.3. The van der Waals surface area contributed by atoms with E-state index in [0.717, 1.165) is 63.0 Å². The van der Waals surface area contributed by atoms with Crippen LogP contribution in [0.4, 0.5) is 26.2 Å². The molecule has 2 aromatic heterocycles. The number of nitrogens with zero attached hydrogens (tertiary/aromatic N) is 7. The Morgan fingerprint density at radius 2 is 1.92 bits per heavy atom. The van der Waals surface area contributed by atoms with Crippen molar-refractivity contribution < 1.29 is 13.6 Å². The minimum atomic E-state index is -2.70. The van der Waals surface area contributed by atoms with Gasteiger partial charge in [-0.15, -0.1) is 0 Å². The van der Waals surface area contributed by atoms with Gasteiger partial charge >= 0.3 is 0 Å². The second kappa shape index (κ2) is 11.9. The van der Waals surface area contributed by atoms with E-state index in [1.54, 1.807) is 0 Å². The van der Waals surface area contributed by atoms with Crippen LogP contribution in [0.1, 0.15) is 49.4 Å². The number of aryl methyl sites for hydroxylation is 1. The molecule has 0 spiro atoms. The third-order valence-electron chi connectivity index (χ3n) is 6.90. The van der Waals surface area contributed by atoms with Gasteiger partial charge in [0.1, 0.15) is 5.82 Å². The first kappa shape index (κ1) is 26.2. The number of carbonyl (C=O) groups is 1. The first-order valence-corrected chi connectivity index (χ1v) is 12.7. The monoisotopic (exact) mass is 505 g/mol. The number of likely N-dealkylation sites (N-methyl/N-ethyl adjacent to an activating group) is 1. The van der Waals surface area contributed by atoms with Gasteiger partial charge in [-0.05, 0) is 59.8 Å². The molecule has 2 aliphatic rings. The first-order valence-electron chi connectivity index (χ1n) is 12.7. The number of hydrogen-bond donors (Lipinski definition) is 2. The quantitative estimate of drug-likeness (QED) is 0.503. The maximum Gasteiger partial charge on any atom is 0.268 e. The molecule has 1 amide bonds. The number of rotatable bonds is 9. The van der Waals surface area contributed by atoms with Crippen LogP contribution in [0.2, 0.25) is 0 Å². The molecule has 0 saturated carbocycles. The molecule has 2 aliphatic heterocycles. The summed E-state index contributed by atoms with van der Waals surface area (Å²) in [5.41, 5.74) is 1.32. The van der Waals surface area contributed by atoms with Crippen LogP contribution in [-0.2, 0) is 4.79 Å². The zero-order chi connectivity index (χ0) is 25.7. The van der Waals surface area contributed by atoms with Gasteiger partial charge in [-0.1, -0.05) is 0 Å². The number of amides is 1. The summed E-state index contributed by atoms with van der Waals surface area (Å²) in [6, 6.07) is 0.339. The molecule has 12 heteroatoms. The summed E-state index contributed by atoms with van der Waals surface area (Å²) in [6.45, 7) is 6.99. The van der Waals surface area contributed by atoms with Gasteiger partial charge in [0.25, 0.3) is 6.43 Å². The average molecular weight is 506 g/mol. The Kier molecular flexibility index (Phi) is 8.68. The summed E-state index contributed by atoms with van der Waals surface area (Å²) >= 11 is 0. The van der Waals surface area contributed by atoms with Crippen LogP contribution in [0.25, 0.3) is 0 Å². The Morgan fingerprint density at radius 3 is 2.67 bits per heavy atom. The predicted octanol–water partition coefficient (Wildman–Crippen LogP) is 2.90. The van der Waals surface area contributed by atoms with Crippen LogP contribution in [0.15, 0.2) is 12.4 Å². The third kappa shape index (κ3) is 6.67. The minimum absolute atomic E-state index is 0.102. The average Bonchev–Trinajstić information content (AvgIpc) is 3.11. The fraction of sp³-hybridized carbons (Fsp3) is 0.667. The summed E-state index contributed by atoms with van der Waals surface area (Å²) in [4.78, 5) is 26.9. The van der Waals surface area contributed by atoms with Crippen molar-refractivity contribution in [3.05, 3.63) is 23.7 Å². The molecule has 2 saturated heterocycles. The van der Waals surface area contributed by atoms with Gasteiger partial charge in [0.2, 0.25) is 11.9 Å². The highest BCUT2D eigenvalue weighted by Gasteiger charge is 2.22. The van der Waals surface area contributed by atoms with Crippen LogP contribution < -0.4 is 10.6 Å². The van der Waals surface area contributed by atoms with Crippen LogP contribution in [0.3, 0.4) is 0 Å². The summed E-state index contributed by atoms with van der Waals surface area (Å²) in [5.74, 6) is 0.441. The maximum atomic E-state index is 13.6. The van der Waals surface area contributed by atoms with Crippen molar-refractivity contribution in [2.75, 3.05) is 70.5 Å². The molecule has 0 atom stereocenters. The van der Waals surface area contributed by atoms with Crippen LogP contribution in [0.5, 0.6) is 0 Å². The van der Waals surface area contributed by atoms with E-state index in [9.17, 15) is 13.6 Å². The number of likely N-dealkylation sites (tertiary alicyclic amines) is 1. The van der Waals surface area contributed by atoms with Gasteiger partial charge in [-0.3, -0.25) is 14.4 Å². The van der Waals surface area contributed by atoms with Crippen molar-refractivity contribution in [1.29, 1.82) is 0 Å². The molecule has 2 aromatic rings. The van der Waals surface area contributed by atoms with Gasteiger partial charge in [0.05, 0.1) is 29.5 Å². The van der Waals surface area contributed by atoms with Crippen LogP contribution in [-0.4, -0.2) is 100 Å². The normalized spacial score (nSPS) is 18.6. The summed E-state index contributed by atoms with van der Waals surface area (Å²) < 4.78 is 29.2. The lowest BCUT2D eigenvalue weighted by molar-refractivity contribution is -0.130.